The first kappa shape index (κ1) is 16.4. The Hall–Kier alpha value is -3.02. The number of aryl methyl sites for hydroxylation is 2. The van der Waals surface area contributed by atoms with Crippen molar-refractivity contribution in [1.82, 2.24) is 20.1 Å². The summed E-state index contributed by atoms with van der Waals surface area (Å²) in [7, 11) is 0. The number of fused-ring (bicyclic) bond motifs is 2. The molecule has 0 atom stereocenters. The van der Waals surface area contributed by atoms with E-state index in [1.54, 1.807) is 12.1 Å². The number of para-hydroxylation sites is 1. The van der Waals surface area contributed by atoms with E-state index in [2.05, 4.69) is 15.4 Å². The summed E-state index contributed by atoms with van der Waals surface area (Å²) in [6.45, 7) is 0.685. The molecular formula is C20H20N4O2. The largest absolute Gasteiger partial charge is 0.349 e. The smallest absolute Gasteiger partial charge is 0.269 e. The number of hydrogen-bond donors (Lipinski definition) is 1. The van der Waals surface area contributed by atoms with Crippen molar-refractivity contribution in [3.05, 3.63) is 69.8 Å². The number of pyridine rings is 1. The summed E-state index contributed by atoms with van der Waals surface area (Å²) >= 11 is 0. The van der Waals surface area contributed by atoms with E-state index in [0.29, 0.717) is 18.8 Å². The lowest BCUT2D eigenvalue weighted by Gasteiger charge is -2.16. The van der Waals surface area contributed by atoms with Gasteiger partial charge in [0.2, 0.25) is 0 Å². The number of aromatic nitrogens is 3. The maximum absolute atomic E-state index is 12.3. The zero-order valence-electron chi connectivity index (χ0n) is 14.4. The molecule has 0 saturated carbocycles. The first-order valence-corrected chi connectivity index (χ1v) is 8.94. The molecule has 1 aliphatic rings. The first-order chi connectivity index (χ1) is 12.7. The van der Waals surface area contributed by atoms with Crippen LogP contribution in [0, 0.1) is 0 Å². The predicted octanol–water partition coefficient (Wildman–Crippen LogP) is 2.10. The Labute approximate surface area is 150 Å². The van der Waals surface area contributed by atoms with Crippen LogP contribution in [0.4, 0.5) is 0 Å². The van der Waals surface area contributed by atoms with E-state index in [0.717, 1.165) is 47.8 Å². The number of nitrogens with one attached hydrogen (secondary N) is 1. The molecule has 0 spiro atoms. The molecule has 132 valence electrons. The van der Waals surface area contributed by atoms with Crippen LogP contribution in [0.3, 0.4) is 0 Å². The maximum Gasteiger partial charge on any atom is 0.269 e. The van der Waals surface area contributed by atoms with E-state index in [1.807, 2.05) is 30.3 Å². The van der Waals surface area contributed by atoms with Gasteiger partial charge in [0.15, 0.2) is 0 Å². The quantitative estimate of drug-likeness (QED) is 0.783. The average Bonchev–Trinajstić information content (AvgIpc) is 2.68. The maximum atomic E-state index is 12.3. The summed E-state index contributed by atoms with van der Waals surface area (Å²) < 4.78 is 1.44. The van der Waals surface area contributed by atoms with Gasteiger partial charge in [0.05, 0.1) is 17.8 Å². The fraction of sp³-hybridized carbons (Fsp3) is 0.300. The van der Waals surface area contributed by atoms with Crippen LogP contribution in [-0.2, 0) is 19.4 Å². The fourth-order valence-corrected chi connectivity index (χ4v) is 3.32. The van der Waals surface area contributed by atoms with Crippen LogP contribution in [0.1, 0.15) is 34.6 Å². The minimum absolute atomic E-state index is 0.108. The minimum Gasteiger partial charge on any atom is -0.349 e. The molecule has 0 bridgehead atoms. The first-order valence-electron chi connectivity index (χ1n) is 8.94. The SMILES string of the molecule is O=C(NCCn1nc2c(cc1=O)CCCC2)c1ccc2ccccc2n1. The summed E-state index contributed by atoms with van der Waals surface area (Å²) in [6, 6.07) is 12.9. The van der Waals surface area contributed by atoms with Gasteiger partial charge in [0.25, 0.3) is 11.5 Å². The molecule has 6 heteroatoms. The van der Waals surface area contributed by atoms with Gasteiger partial charge in [-0.2, -0.15) is 5.10 Å². The van der Waals surface area contributed by atoms with Gasteiger partial charge in [-0.1, -0.05) is 24.3 Å². The molecule has 3 aromatic rings. The van der Waals surface area contributed by atoms with Crippen molar-refractivity contribution in [2.24, 2.45) is 0 Å². The summed E-state index contributed by atoms with van der Waals surface area (Å²) in [6.07, 6.45) is 4.08. The zero-order chi connectivity index (χ0) is 17.9. The summed E-state index contributed by atoms with van der Waals surface area (Å²) in [5.41, 5.74) is 3.13. The van der Waals surface area contributed by atoms with Crippen LogP contribution < -0.4 is 10.9 Å². The van der Waals surface area contributed by atoms with Crippen molar-refractivity contribution >= 4 is 16.8 Å². The third-order valence-electron chi connectivity index (χ3n) is 4.71. The summed E-state index contributed by atoms with van der Waals surface area (Å²) in [5.74, 6) is -0.248. The third kappa shape index (κ3) is 3.35. The second kappa shape index (κ2) is 7.07. The number of carbonyl (C=O) groups excluding carboxylic acids is 1. The van der Waals surface area contributed by atoms with Crippen LogP contribution >= 0.6 is 0 Å². The van der Waals surface area contributed by atoms with Crippen molar-refractivity contribution in [2.45, 2.75) is 32.2 Å². The number of carbonyl (C=O) groups is 1. The van der Waals surface area contributed by atoms with Gasteiger partial charge in [-0.05, 0) is 43.4 Å². The van der Waals surface area contributed by atoms with E-state index < -0.39 is 0 Å². The fourth-order valence-electron chi connectivity index (χ4n) is 3.32. The predicted molar refractivity (Wildman–Crippen MR) is 99.2 cm³/mol. The number of nitrogens with zero attached hydrogens (tertiary/aromatic N) is 3. The highest BCUT2D eigenvalue weighted by atomic mass is 16.2. The highest BCUT2D eigenvalue weighted by molar-refractivity contribution is 5.94. The van der Waals surface area contributed by atoms with Gasteiger partial charge in [0, 0.05) is 18.0 Å². The lowest BCUT2D eigenvalue weighted by atomic mass is 9.97. The summed E-state index contributed by atoms with van der Waals surface area (Å²) in [4.78, 5) is 28.9. The second-order valence-electron chi connectivity index (χ2n) is 6.53. The Kier molecular flexibility index (Phi) is 4.48. The molecule has 1 aliphatic carbocycles. The molecule has 0 unspecified atom stereocenters. The van der Waals surface area contributed by atoms with E-state index in [9.17, 15) is 9.59 Å². The van der Waals surface area contributed by atoms with Gasteiger partial charge in [-0.25, -0.2) is 9.67 Å². The van der Waals surface area contributed by atoms with Crippen molar-refractivity contribution < 1.29 is 4.79 Å². The van der Waals surface area contributed by atoms with E-state index in [-0.39, 0.29) is 11.5 Å². The second-order valence-corrected chi connectivity index (χ2v) is 6.53. The molecule has 2 heterocycles. The number of benzene rings is 1. The molecule has 0 radical (unpaired) electrons. The van der Waals surface area contributed by atoms with Gasteiger partial charge in [-0.15, -0.1) is 0 Å². The third-order valence-corrected chi connectivity index (χ3v) is 4.71. The molecule has 0 aliphatic heterocycles. The van der Waals surface area contributed by atoms with Crippen LogP contribution in [0.2, 0.25) is 0 Å². The number of hydrogen-bond acceptors (Lipinski definition) is 4. The highest BCUT2D eigenvalue weighted by Gasteiger charge is 2.13. The Morgan fingerprint density at radius 2 is 1.96 bits per heavy atom. The van der Waals surface area contributed by atoms with Gasteiger partial charge < -0.3 is 5.32 Å². The van der Waals surface area contributed by atoms with Gasteiger partial charge >= 0.3 is 0 Å². The lowest BCUT2D eigenvalue weighted by molar-refractivity contribution is 0.0947. The van der Waals surface area contributed by atoms with E-state index in [1.165, 1.54) is 4.68 Å². The molecule has 2 aromatic heterocycles. The van der Waals surface area contributed by atoms with E-state index in [4.69, 9.17) is 0 Å². The Bertz CT molecular complexity index is 1030. The zero-order valence-corrected chi connectivity index (χ0v) is 14.4. The Balaban J connectivity index is 1.42. The van der Waals surface area contributed by atoms with Crippen LogP contribution in [0.5, 0.6) is 0 Å². The standard InChI is InChI=1S/C20H20N4O2/c25-19-13-15-6-2-4-8-17(15)23-24(19)12-11-21-20(26)18-10-9-14-5-1-3-7-16(14)22-18/h1,3,5,7,9-10,13H,2,4,6,8,11-12H2,(H,21,26). The lowest BCUT2D eigenvalue weighted by Crippen LogP contribution is -2.33. The van der Waals surface area contributed by atoms with Crippen molar-refractivity contribution in [3.8, 4) is 0 Å². The number of amides is 1. The molecule has 6 nitrogen and oxygen atoms in total. The molecule has 0 saturated heterocycles. The molecule has 1 N–H and O–H groups in total. The topological polar surface area (TPSA) is 76.9 Å². The molecule has 1 amide bonds. The van der Waals surface area contributed by atoms with Crippen molar-refractivity contribution in [3.63, 3.8) is 0 Å². The van der Waals surface area contributed by atoms with Gasteiger partial charge in [-0.3, -0.25) is 9.59 Å². The normalized spacial score (nSPS) is 13.4. The Morgan fingerprint density at radius 1 is 1.12 bits per heavy atom. The van der Waals surface area contributed by atoms with Gasteiger partial charge in [0.1, 0.15) is 5.69 Å². The molecule has 1 aromatic carbocycles. The van der Waals surface area contributed by atoms with Crippen LogP contribution in [0.15, 0.2) is 47.3 Å². The minimum atomic E-state index is -0.248. The monoisotopic (exact) mass is 348 g/mol. The molecular weight excluding hydrogens is 328 g/mol. The molecule has 0 fully saturated rings. The van der Waals surface area contributed by atoms with E-state index >= 15 is 0 Å². The average molecular weight is 348 g/mol. The number of rotatable bonds is 4. The molecule has 4 rings (SSSR count). The highest BCUT2D eigenvalue weighted by Crippen LogP contribution is 2.16. The van der Waals surface area contributed by atoms with Crippen LogP contribution in [-0.4, -0.2) is 27.2 Å². The van der Waals surface area contributed by atoms with Crippen molar-refractivity contribution in [1.29, 1.82) is 0 Å². The Morgan fingerprint density at radius 3 is 2.88 bits per heavy atom. The van der Waals surface area contributed by atoms with Crippen LogP contribution in [0.25, 0.3) is 10.9 Å². The molecule has 26 heavy (non-hydrogen) atoms. The summed E-state index contributed by atoms with van der Waals surface area (Å²) in [5, 5.41) is 8.27. The van der Waals surface area contributed by atoms with Crippen molar-refractivity contribution in [2.75, 3.05) is 6.54 Å².